The van der Waals surface area contributed by atoms with Crippen LogP contribution in [0, 0.1) is 0 Å². The van der Waals surface area contributed by atoms with E-state index in [9.17, 15) is 9.59 Å². The summed E-state index contributed by atoms with van der Waals surface area (Å²) < 4.78 is 15.5. The standard InChI is InChI=1S/C15H16O5/c1-4-5-10(16)12-8-9-6-7-11(18-2)14(19-3)13(9)15(17)20-12/h6-8H,4-5H2,1-3H3. The van der Waals surface area contributed by atoms with Gasteiger partial charge in [0.05, 0.1) is 14.2 Å². The molecule has 0 N–H and O–H groups in total. The monoisotopic (exact) mass is 276 g/mol. The molecule has 0 bridgehead atoms. The molecule has 0 unspecified atom stereocenters. The Morgan fingerprint density at radius 2 is 2.00 bits per heavy atom. The lowest BCUT2D eigenvalue weighted by Gasteiger charge is -2.10. The molecule has 0 saturated carbocycles. The maximum absolute atomic E-state index is 12.1. The molecule has 1 aromatic carbocycles. The van der Waals surface area contributed by atoms with E-state index < -0.39 is 5.63 Å². The highest BCUT2D eigenvalue weighted by Gasteiger charge is 2.17. The van der Waals surface area contributed by atoms with Crippen LogP contribution in [0.5, 0.6) is 11.5 Å². The number of Topliss-reactive ketones (excluding diaryl/α,β-unsaturated/α-hetero) is 1. The normalized spacial score (nSPS) is 10.6. The maximum atomic E-state index is 12.1. The van der Waals surface area contributed by atoms with Gasteiger partial charge in [-0.25, -0.2) is 4.79 Å². The number of methoxy groups -OCH3 is 2. The van der Waals surface area contributed by atoms with Crippen molar-refractivity contribution in [1.29, 1.82) is 0 Å². The van der Waals surface area contributed by atoms with Crippen LogP contribution in [0.4, 0.5) is 0 Å². The molecule has 20 heavy (non-hydrogen) atoms. The highest BCUT2D eigenvalue weighted by Crippen LogP contribution is 2.33. The summed E-state index contributed by atoms with van der Waals surface area (Å²) >= 11 is 0. The van der Waals surface area contributed by atoms with Gasteiger partial charge in [0, 0.05) is 6.42 Å². The quantitative estimate of drug-likeness (QED) is 0.786. The summed E-state index contributed by atoms with van der Waals surface area (Å²) in [4.78, 5) is 23.9. The zero-order chi connectivity index (χ0) is 14.7. The summed E-state index contributed by atoms with van der Waals surface area (Å²) in [5.41, 5.74) is -0.599. The second-order valence-electron chi connectivity index (χ2n) is 4.34. The Morgan fingerprint density at radius 1 is 1.25 bits per heavy atom. The van der Waals surface area contributed by atoms with Gasteiger partial charge in [-0.3, -0.25) is 4.79 Å². The van der Waals surface area contributed by atoms with E-state index in [1.807, 2.05) is 6.92 Å². The van der Waals surface area contributed by atoms with Crippen molar-refractivity contribution in [3.63, 3.8) is 0 Å². The lowest BCUT2D eigenvalue weighted by molar-refractivity contribution is 0.0951. The Hall–Kier alpha value is -2.30. The molecular weight excluding hydrogens is 260 g/mol. The molecule has 0 atom stereocenters. The number of hydrogen-bond donors (Lipinski definition) is 0. The fourth-order valence-corrected chi connectivity index (χ4v) is 2.08. The van der Waals surface area contributed by atoms with Crippen LogP contribution in [0.25, 0.3) is 10.8 Å². The molecule has 5 heteroatoms. The molecule has 0 amide bonds. The summed E-state index contributed by atoms with van der Waals surface area (Å²) in [6.45, 7) is 1.89. The van der Waals surface area contributed by atoms with Crippen LogP contribution in [-0.4, -0.2) is 20.0 Å². The van der Waals surface area contributed by atoms with E-state index in [0.717, 1.165) is 0 Å². The van der Waals surface area contributed by atoms with Gasteiger partial charge in [-0.1, -0.05) is 13.0 Å². The second-order valence-corrected chi connectivity index (χ2v) is 4.34. The van der Waals surface area contributed by atoms with Crippen LogP contribution in [0.15, 0.2) is 27.4 Å². The van der Waals surface area contributed by atoms with Crippen molar-refractivity contribution in [2.75, 3.05) is 14.2 Å². The molecule has 0 aliphatic rings. The average molecular weight is 276 g/mol. The Kier molecular flexibility index (Phi) is 4.08. The molecule has 0 saturated heterocycles. The largest absolute Gasteiger partial charge is 0.493 e. The number of fused-ring (bicyclic) bond motifs is 1. The fourth-order valence-electron chi connectivity index (χ4n) is 2.08. The summed E-state index contributed by atoms with van der Waals surface area (Å²) in [6, 6.07) is 4.96. The first-order valence-electron chi connectivity index (χ1n) is 6.34. The maximum Gasteiger partial charge on any atom is 0.348 e. The first kappa shape index (κ1) is 14.1. The molecule has 2 aromatic rings. The SMILES string of the molecule is CCCC(=O)c1cc2ccc(OC)c(OC)c2c(=O)o1. The first-order valence-corrected chi connectivity index (χ1v) is 6.34. The minimum Gasteiger partial charge on any atom is -0.493 e. The van der Waals surface area contributed by atoms with Crippen molar-refractivity contribution in [3.8, 4) is 11.5 Å². The van der Waals surface area contributed by atoms with E-state index in [2.05, 4.69) is 0 Å². The van der Waals surface area contributed by atoms with Crippen LogP contribution in [-0.2, 0) is 0 Å². The number of carbonyl (C=O) groups excluding carboxylic acids is 1. The molecule has 0 radical (unpaired) electrons. The molecular formula is C15H16O5. The molecule has 0 aliphatic carbocycles. The zero-order valence-electron chi connectivity index (χ0n) is 11.7. The molecule has 106 valence electrons. The Labute approximate surface area is 116 Å². The number of benzene rings is 1. The molecule has 0 aliphatic heterocycles. The van der Waals surface area contributed by atoms with Crippen molar-refractivity contribution in [2.24, 2.45) is 0 Å². The van der Waals surface area contributed by atoms with E-state index in [0.29, 0.717) is 29.7 Å². The first-order chi connectivity index (χ1) is 9.62. The van der Waals surface area contributed by atoms with Crippen LogP contribution < -0.4 is 15.1 Å². The lowest BCUT2D eigenvalue weighted by atomic mass is 10.1. The van der Waals surface area contributed by atoms with E-state index in [4.69, 9.17) is 13.9 Å². The molecule has 1 aromatic heterocycles. The smallest absolute Gasteiger partial charge is 0.348 e. The van der Waals surface area contributed by atoms with Crippen molar-refractivity contribution in [3.05, 3.63) is 34.4 Å². The Balaban J connectivity index is 2.69. The van der Waals surface area contributed by atoms with Crippen LogP contribution >= 0.6 is 0 Å². The fraction of sp³-hybridized carbons (Fsp3) is 0.333. The number of ether oxygens (including phenoxy) is 2. The minimum absolute atomic E-state index is 0.0802. The molecule has 5 nitrogen and oxygen atoms in total. The van der Waals surface area contributed by atoms with Crippen LogP contribution in [0.1, 0.15) is 30.3 Å². The number of ketones is 1. The predicted molar refractivity (Wildman–Crippen MR) is 74.8 cm³/mol. The summed E-state index contributed by atoms with van der Waals surface area (Å²) in [5.74, 6) is 0.658. The van der Waals surface area contributed by atoms with E-state index in [1.165, 1.54) is 14.2 Å². The third kappa shape index (κ3) is 2.39. The topological polar surface area (TPSA) is 65.7 Å². The third-order valence-corrected chi connectivity index (χ3v) is 3.02. The van der Waals surface area contributed by atoms with Gasteiger partial charge in [0.2, 0.25) is 0 Å². The van der Waals surface area contributed by atoms with Crippen LogP contribution in [0.2, 0.25) is 0 Å². The third-order valence-electron chi connectivity index (χ3n) is 3.02. The van der Waals surface area contributed by atoms with Gasteiger partial charge in [-0.15, -0.1) is 0 Å². The predicted octanol–water partition coefficient (Wildman–Crippen LogP) is 2.79. The highest BCUT2D eigenvalue weighted by atomic mass is 16.5. The molecule has 2 rings (SSSR count). The van der Waals surface area contributed by atoms with Gasteiger partial charge in [0.15, 0.2) is 23.0 Å². The van der Waals surface area contributed by atoms with Gasteiger partial charge in [0.1, 0.15) is 5.39 Å². The molecule has 0 spiro atoms. The Morgan fingerprint density at radius 3 is 2.60 bits per heavy atom. The highest BCUT2D eigenvalue weighted by molar-refractivity contribution is 5.98. The zero-order valence-corrected chi connectivity index (χ0v) is 11.7. The van der Waals surface area contributed by atoms with Crippen molar-refractivity contribution in [2.45, 2.75) is 19.8 Å². The number of carbonyl (C=O) groups is 1. The molecule has 0 fully saturated rings. The Bertz CT molecular complexity index is 699. The van der Waals surface area contributed by atoms with E-state index >= 15 is 0 Å². The molecule has 1 heterocycles. The van der Waals surface area contributed by atoms with Gasteiger partial charge in [0.25, 0.3) is 0 Å². The van der Waals surface area contributed by atoms with Crippen molar-refractivity contribution in [1.82, 2.24) is 0 Å². The minimum atomic E-state index is -0.599. The average Bonchev–Trinajstić information content (AvgIpc) is 2.46. The summed E-state index contributed by atoms with van der Waals surface area (Å²) in [6.07, 6.45) is 1.05. The van der Waals surface area contributed by atoms with Gasteiger partial charge < -0.3 is 13.9 Å². The number of rotatable bonds is 5. The van der Waals surface area contributed by atoms with Gasteiger partial charge >= 0.3 is 5.63 Å². The van der Waals surface area contributed by atoms with E-state index in [1.54, 1.807) is 18.2 Å². The second kappa shape index (κ2) is 5.77. The lowest BCUT2D eigenvalue weighted by Crippen LogP contribution is -2.08. The van der Waals surface area contributed by atoms with Gasteiger partial charge in [-0.2, -0.15) is 0 Å². The van der Waals surface area contributed by atoms with Gasteiger partial charge in [-0.05, 0) is 23.9 Å². The van der Waals surface area contributed by atoms with Crippen molar-refractivity contribution < 1.29 is 18.7 Å². The van der Waals surface area contributed by atoms with Crippen molar-refractivity contribution >= 4 is 16.6 Å². The van der Waals surface area contributed by atoms with Crippen LogP contribution in [0.3, 0.4) is 0 Å². The number of hydrogen-bond acceptors (Lipinski definition) is 5. The summed E-state index contributed by atoms with van der Waals surface area (Å²) in [7, 11) is 2.94. The summed E-state index contributed by atoms with van der Waals surface area (Å²) in [5, 5.41) is 0.873. The van der Waals surface area contributed by atoms with E-state index in [-0.39, 0.29) is 16.9 Å².